The van der Waals surface area contributed by atoms with Gasteiger partial charge in [-0.2, -0.15) is 5.10 Å². The van der Waals surface area contributed by atoms with E-state index in [0.717, 1.165) is 44.5 Å². The molecular formula is C14H23N5O2. The lowest BCUT2D eigenvalue weighted by Gasteiger charge is -2.14. The zero-order valence-corrected chi connectivity index (χ0v) is 12.4. The summed E-state index contributed by atoms with van der Waals surface area (Å²) in [6, 6.07) is 0. The molecule has 2 rings (SSSR count). The molecule has 116 valence electrons. The quantitative estimate of drug-likeness (QED) is 0.717. The second kappa shape index (κ2) is 7.10. The van der Waals surface area contributed by atoms with E-state index in [1.54, 1.807) is 0 Å². The van der Waals surface area contributed by atoms with Crippen LogP contribution in [0.2, 0.25) is 0 Å². The second-order valence-corrected chi connectivity index (χ2v) is 5.31. The van der Waals surface area contributed by atoms with Crippen molar-refractivity contribution in [2.45, 2.75) is 39.0 Å². The van der Waals surface area contributed by atoms with E-state index in [4.69, 9.17) is 5.73 Å². The minimum Gasteiger partial charge on any atom is -0.395 e. The first-order valence-corrected chi connectivity index (χ1v) is 7.52. The summed E-state index contributed by atoms with van der Waals surface area (Å²) >= 11 is 0. The fourth-order valence-electron chi connectivity index (χ4n) is 2.49. The molecule has 7 heteroatoms. The minimum absolute atomic E-state index is 0.0921. The number of rotatable bonds is 6. The number of carbonyl (C=O) groups excluding carboxylic acids is 2. The van der Waals surface area contributed by atoms with E-state index in [1.807, 2.05) is 11.8 Å². The number of anilines is 1. The van der Waals surface area contributed by atoms with Gasteiger partial charge in [0.15, 0.2) is 5.69 Å². The van der Waals surface area contributed by atoms with Gasteiger partial charge in [0.2, 0.25) is 5.91 Å². The molecule has 4 N–H and O–H groups in total. The number of carbonyl (C=O) groups is 2. The summed E-state index contributed by atoms with van der Waals surface area (Å²) in [5.41, 5.74) is 7.30. The van der Waals surface area contributed by atoms with Gasteiger partial charge in [0.25, 0.3) is 5.91 Å². The maximum Gasteiger partial charge on any atom is 0.273 e. The normalized spacial score (nSPS) is 14.4. The average molecular weight is 293 g/mol. The van der Waals surface area contributed by atoms with E-state index < -0.39 is 0 Å². The maximum atomic E-state index is 12.0. The van der Waals surface area contributed by atoms with E-state index >= 15 is 0 Å². The first-order valence-electron chi connectivity index (χ1n) is 7.52. The van der Waals surface area contributed by atoms with Crippen LogP contribution < -0.4 is 11.1 Å². The third-order valence-electron chi connectivity index (χ3n) is 3.68. The molecule has 0 aromatic carbocycles. The van der Waals surface area contributed by atoms with Crippen molar-refractivity contribution in [2.75, 3.05) is 25.4 Å². The van der Waals surface area contributed by atoms with Gasteiger partial charge in [-0.15, -0.1) is 0 Å². The van der Waals surface area contributed by atoms with Crippen LogP contribution in [-0.2, 0) is 11.2 Å². The number of aryl methyl sites for hydroxylation is 1. The number of nitrogens with one attached hydrogen (secondary N) is 2. The number of nitrogens with two attached hydrogens (primary N) is 1. The Morgan fingerprint density at radius 3 is 2.76 bits per heavy atom. The zero-order chi connectivity index (χ0) is 15.2. The first-order chi connectivity index (χ1) is 10.1. The molecule has 0 spiro atoms. The topological polar surface area (TPSA) is 104 Å². The Balaban J connectivity index is 1.80. The van der Waals surface area contributed by atoms with Gasteiger partial charge in [0.1, 0.15) is 0 Å². The number of aromatic amines is 1. The van der Waals surface area contributed by atoms with Crippen LogP contribution in [0.25, 0.3) is 0 Å². The second-order valence-electron chi connectivity index (χ2n) is 5.31. The standard InChI is InChI=1S/C14H23N5O2/c1-2-5-10-12(15)13(18-17-10)14(21)16-7-6-11(20)19-8-3-4-9-19/h2-9,15H2,1H3,(H,16,21)(H,17,18). The lowest BCUT2D eigenvalue weighted by atomic mass is 10.2. The predicted octanol–water partition coefficient (Wildman–Crippen LogP) is 0.687. The highest BCUT2D eigenvalue weighted by atomic mass is 16.2. The Morgan fingerprint density at radius 2 is 2.10 bits per heavy atom. The summed E-state index contributed by atoms with van der Waals surface area (Å²) in [7, 11) is 0. The van der Waals surface area contributed by atoms with E-state index in [0.29, 0.717) is 18.7 Å². The summed E-state index contributed by atoms with van der Waals surface area (Å²) in [6.45, 7) is 4.01. The van der Waals surface area contributed by atoms with Crippen LogP contribution in [0, 0.1) is 0 Å². The van der Waals surface area contributed by atoms with Crippen LogP contribution in [0.15, 0.2) is 0 Å². The number of amides is 2. The number of nitrogens with zero attached hydrogens (tertiary/aromatic N) is 2. The molecule has 0 radical (unpaired) electrons. The highest BCUT2D eigenvalue weighted by Crippen LogP contribution is 2.15. The summed E-state index contributed by atoms with van der Waals surface area (Å²) in [6.07, 6.45) is 4.15. The fraction of sp³-hybridized carbons (Fsp3) is 0.643. The van der Waals surface area contributed by atoms with Crippen LogP contribution in [0.5, 0.6) is 0 Å². The van der Waals surface area contributed by atoms with Gasteiger partial charge < -0.3 is 16.0 Å². The van der Waals surface area contributed by atoms with Crippen LogP contribution in [0.4, 0.5) is 5.69 Å². The van der Waals surface area contributed by atoms with Gasteiger partial charge in [0.05, 0.1) is 11.4 Å². The molecule has 21 heavy (non-hydrogen) atoms. The van der Waals surface area contributed by atoms with Crippen molar-refractivity contribution in [3.8, 4) is 0 Å². The maximum absolute atomic E-state index is 12.0. The Labute approximate surface area is 124 Å². The van der Waals surface area contributed by atoms with Gasteiger partial charge >= 0.3 is 0 Å². The van der Waals surface area contributed by atoms with E-state index in [9.17, 15) is 9.59 Å². The summed E-state index contributed by atoms with van der Waals surface area (Å²) in [5, 5.41) is 9.44. The molecule has 1 aliphatic heterocycles. The molecule has 2 amide bonds. The van der Waals surface area contributed by atoms with Crippen molar-refractivity contribution in [1.29, 1.82) is 0 Å². The predicted molar refractivity (Wildman–Crippen MR) is 79.8 cm³/mol. The number of H-pyrrole nitrogens is 1. The van der Waals surface area contributed by atoms with E-state index in [2.05, 4.69) is 15.5 Å². The van der Waals surface area contributed by atoms with Crippen molar-refractivity contribution < 1.29 is 9.59 Å². The Bertz CT molecular complexity index is 505. The van der Waals surface area contributed by atoms with Gasteiger partial charge in [-0.05, 0) is 19.3 Å². The molecule has 2 heterocycles. The molecule has 0 atom stereocenters. The summed E-state index contributed by atoms with van der Waals surface area (Å²) in [4.78, 5) is 25.7. The largest absolute Gasteiger partial charge is 0.395 e. The molecule has 0 saturated carbocycles. The number of nitrogen functional groups attached to an aromatic ring is 1. The molecule has 1 saturated heterocycles. The monoisotopic (exact) mass is 293 g/mol. The van der Waals surface area contributed by atoms with Crippen LogP contribution in [0.3, 0.4) is 0 Å². The summed E-state index contributed by atoms with van der Waals surface area (Å²) < 4.78 is 0. The molecule has 1 fully saturated rings. The van der Waals surface area contributed by atoms with E-state index in [-0.39, 0.29) is 17.5 Å². The Kier molecular flexibility index (Phi) is 5.19. The van der Waals surface area contributed by atoms with E-state index in [1.165, 1.54) is 0 Å². The molecule has 1 aliphatic rings. The third kappa shape index (κ3) is 3.74. The van der Waals surface area contributed by atoms with Crippen LogP contribution in [-0.4, -0.2) is 46.5 Å². The molecule has 0 aliphatic carbocycles. The van der Waals surface area contributed by atoms with Gasteiger partial charge in [-0.25, -0.2) is 0 Å². The van der Waals surface area contributed by atoms with Gasteiger partial charge in [-0.3, -0.25) is 14.7 Å². The van der Waals surface area contributed by atoms with Crippen molar-refractivity contribution in [3.63, 3.8) is 0 Å². The number of hydrogen-bond donors (Lipinski definition) is 3. The molecule has 0 unspecified atom stereocenters. The van der Waals surface area contributed by atoms with Gasteiger partial charge in [0, 0.05) is 26.1 Å². The average Bonchev–Trinajstić information content (AvgIpc) is 3.10. The fourth-order valence-corrected chi connectivity index (χ4v) is 2.49. The van der Waals surface area contributed by atoms with Crippen molar-refractivity contribution >= 4 is 17.5 Å². The molecule has 7 nitrogen and oxygen atoms in total. The summed E-state index contributed by atoms with van der Waals surface area (Å²) in [5.74, 6) is -0.241. The minimum atomic E-state index is -0.333. The number of hydrogen-bond acceptors (Lipinski definition) is 4. The van der Waals surface area contributed by atoms with Gasteiger partial charge in [-0.1, -0.05) is 13.3 Å². The SMILES string of the molecule is CCCc1[nH]nc(C(=O)NCCC(=O)N2CCCC2)c1N. The molecule has 1 aromatic rings. The Hall–Kier alpha value is -2.05. The number of aromatic nitrogens is 2. The molecule has 0 bridgehead atoms. The zero-order valence-electron chi connectivity index (χ0n) is 12.4. The van der Waals surface area contributed by atoms with Crippen molar-refractivity contribution in [2.24, 2.45) is 0 Å². The van der Waals surface area contributed by atoms with Crippen LogP contribution >= 0.6 is 0 Å². The highest BCUT2D eigenvalue weighted by Gasteiger charge is 2.19. The molecule has 1 aromatic heterocycles. The molecular weight excluding hydrogens is 270 g/mol. The lowest BCUT2D eigenvalue weighted by Crippen LogP contribution is -2.33. The highest BCUT2D eigenvalue weighted by molar-refractivity contribution is 5.97. The lowest BCUT2D eigenvalue weighted by molar-refractivity contribution is -0.129. The van der Waals surface area contributed by atoms with Crippen LogP contribution in [0.1, 0.15) is 48.8 Å². The smallest absolute Gasteiger partial charge is 0.273 e. The first kappa shape index (κ1) is 15.3. The third-order valence-corrected chi connectivity index (χ3v) is 3.68. The Morgan fingerprint density at radius 1 is 1.38 bits per heavy atom. The van der Waals surface area contributed by atoms with Crippen molar-refractivity contribution in [1.82, 2.24) is 20.4 Å². The van der Waals surface area contributed by atoms with Crippen molar-refractivity contribution in [3.05, 3.63) is 11.4 Å². The number of likely N-dealkylation sites (tertiary alicyclic amines) is 1.